The van der Waals surface area contributed by atoms with E-state index in [1.165, 1.54) is 0 Å². The fraction of sp³-hybridized carbons (Fsp3) is 0. The van der Waals surface area contributed by atoms with Crippen LogP contribution in [-0.2, 0) is 4.57 Å². The van der Waals surface area contributed by atoms with Gasteiger partial charge in [-0.15, -0.1) is 0 Å². The predicted octanol–water partition coefficient (Wildman–Crippen LogP) is -1.33. The van der Waals surface area contributed by atoms with Crippen LogP contribution in [0.15, 0.2) is 0 Å². The molecule has 0 radical (unpaired) electrons. The molecule has 0 aliphatic carbocycles. The van der Waals surface area contributed by atoms with E-state index in [0.29, 0.717) is 0 Å². The number of hydrogen-bond donors (Lipinski definition) is 0. The largest absolute Gasteiger partial charge is 3.00 e. The minimum Gasteiger partial charge on any atom is -0.799 e. The van der Waals surface area contributed by atoms with E-state index in [0.717, 1.165) is 0 Å². The van der Waals surface area contributed by atoms with Crippen LogP contribution in [0.25, 0.3) is 0 Å². The topological polar surface area (TPSA) is 63.2 Å². The first-order valence-corrected chi connectivity index (χ1v) is 3.16. The molecule has 0 aliphatic rings. The first-order chi connectivity index (χ1) is 2.00. The Morgan fingerprint density at radius 3 is 1.43 bits per heavy atom. The molecular formula is ClEuO3PSr+3. The summed E-state index contributed by atoms with van der Waals surface area (Å²) in [6, 6.07) is 0. The fourth-order valence-electron chi connectivity index (χ4n) is 0. The van der Waals surface area contributed by atoms with Crippen molar-refractivity contribution in [1.29, 1.82) is 0 Å². The molecule has 0 saturated carbocycles. The predicted molar refractivity (Wildman–Crippen MR) is 19.2 cm³/mol. The quantitative estimate of drug-likeness (QED) is 0.400. The first kappa shape index (κ1) is 16.8. The van der Waals surface area contributed by atoms with Crippen molar-refractivity contribution in [1.82, 2.24) is 0 Å². The zero-order valence-corrected chi connectivity index (χ0v) is 10.7. The number of hydrogen-bond acceptors (Lipinski definition) is 3. The fourth-order valence-corrected chi connectivity index (χ4v) is 0. The zero-order chi connectivity index (χ0) is 4.50. The van der Waals surface area contributed by atoms with Crippen molar-refractivity contribution in [2.75, 3.05) is 0 Å². The van der Waals surface area contributed by atoms with E-state index in [9.17, 15) is 0 Å². The molecule has 0 atom stereocenters. The Bertz CT molecular complexity index is 61.1. The van der Waals surface area contributed by atoms with Crippen LogP contribution in [0.5, 0.6) is 0 Å². The van der Waals surface area contributed by atoms with Crippen LogP contribution in [0, 0.1) is 49.4 Å². The number of halogens is 1. The molecule has 0 bridgehead atoms. The second-order valence-electron chi connectivity index (χ2n) is 0.431. The van der Waals surface area contributed by atoms with Crippen molar-refractivity contribution in [2.45, 2.75) is 0 Å². The van der Waals surface area contributed by atoms with Gasteiger partial charge in [-0.2, -0.15) is 0 Å². The van der Waals surface area contributed by atoms with Crippen LogP contribution in [0.3, 0.4) is 0 Å². The van der Waals surface area contributed by atoms with Gasteiger partial charge in [-0.05, 0) is 0 Å². The third-order valence-corrected chi connectivity index (χ3v) is 0. The molecule has 0 amide bonds. The smallest absolute Gasteiger partial charge is 0.799 e. The summed E-state index contributed by atoms with van der Waals surface area (Å²) in [6.45, 7) is -4.67. The van der Waals surface area contributed by atoms with Crippen molar-refractivity contribution < 1.29 is 63.7 Å². The third-order valence-electron chi connectivity index (χ3n) is 0. The van der Waals surface area contributed by atoms with E-state index in [2.05, 4.69) is 11.2 Å². The Hall–Kier alpha value is 3.50. The summed E-state index contributed by atoms with van der Waals surface area (Å²) in [5.74, 6) is 0. The maximum Gasteiger partial charge on any atom is 3.00 e. The Kier molecular flexibility index (Phi) is 18.3. The number of rotatable bonds is 0. The van der Waals surface area contributed by atoms with Crippen LogP contribution in [0.1, 0.15) is 0 Å². The Morgan fingerprint density at radius 2 is 1.43 bits per heavy atom. The van der Waals surface area contributed by atoms with E-state index < -0.39 is 6.95 Å². The molecule has 0 unspecified atom stereocenters. The molecule has 0 N–H and O–H groups in total. The summed E-state index contributed by atoms with van der Waals surface area (Å²) >= 11 is 3.97. The molecule has 0 spiro atoms. The van der Waals surface area contributed by atoms with E-state index in [1.54, 1.807) is 0 Å². The van der Waals surface area contributed by atoms with Crippen LogP contribution >= 0.6 is 18.2 Å². The van der Waals surface area contributed by atoms with E-state index in [-0.39, 0.29) is 94.9 Å². The monoisotopic (exact) mass is 355 g/mol. The van der Waals surface area contributed by atoms with Gasteiger partial charge in [-0.25, -0.2) is 0 Å². The van der Waals surface area contributed by atoms with Crippen molar-refractivity contribution >= 4 is 63.7 Å². The maximum absolute atomic E-state index is 8.87. The standard InChI is InChI=1S/ClH2O3P.Eu.Sr/c1-5(2,3)4;;/h(H2,2,3,4);;/q;+3;+2/p-2. The van der Waals surface area contributed by atoms with Gasteiger partial charge in [0, 0.05) is 6.95 Å². The molecule has 0 heterocycles. The maximum atomic E-state index is 8.87. The van der Waals surface area contributed by atoms with Gasteiger partial charge >= 0.3 is 94.9 Å². The molecule has 0 aromatic carbocycles. The molecule has 0 fully saturated rings. The van der Waals surface area contributed by atoms with Crippen molar-refractivity contribution in [2.24, 2.45) is 0 Å². The van der Waals surface area contributed by atoms with E-state index in [1.807, 2.05) is 0 Å². The van der Waals surface area contributed by atoms with Gasteiger partial charge in [0.15, 0.2) is 0 Å². The van der Waals surface area contributed by atoms with Crippen molar-refractivity contribution in [3.8, 4) is 0 Å². The Labute approximate surface area is 124 Å². The molecule has 7 heavy (non-hydrogen) atoms. The molecule has 3 nitrogen and oxygen atoms in total. The second kappa shape index (κ2) is 7.61. The van der Waals surface area contributed by atoms with Crippen LogP contribution < -0.4 is 9.79 Å². The summed E-state index contributed by atoms with van der Waals surface area (Å²) in [7, 11) is 0. The zero-order valence-electron chi connectivity index (χ0n) is 3.13. The molecule has 0 aromatic rings. The van der Waals surface area contributed by atoms with Gasteiger partial charge in [0.1, 0.15) is 0 Å². The molecule has 0 saturated heterocycles. The van der Waals surface area contributed by atoms with Gasteiger partial charge < -0.3 is 14.4 Å². The van der Waals surface area contributed by atoms with Crippen molar-refractivity contribution in [3.63, 3.8) is 0 Å². The average molecular weight is 354 g/mol. The van der Waals surface area contributed by atoms with E-state index in [4.69, 9.17) is 14.4 Å². The van der Waals surface area contributed by atoms with Crippen LogP contribution in [0.2, 0.25) is 0 Å². The van der Waals surface area contributed by atoms with Gasteiger partial charge in [-0.1, -0.05) is 11.2 Å². The second-order valence-corrected chi connectivity index (χ2v) is 2.53. The molecule has 0 aliphatic heterocycles. The average Bonchev–Trinajstić information content (AvgIpc) is 0.722. The molecule has 7 heteroatoms. The first-order valence-electron chi connectivity index (χ1n) is 0.717. The normalized spacial score (nSPS) is 8.43. The molecule has 0 rings (SSSR count). The minimum atomic E-state index is -4.67. The van der Waals surface area contributed by atoms with Crippen LogP contribution in [0.4, 0.5) is 0 Å². The summed E-state index contributed by atoms with van der Waals surface area (Å²) in [5, 5.41) is 0. The van der Waals surface area contributed by atoms with Gasteiger partial charge in [0.25, 0.3) is 0 Å². The summed E-state index contributed by atoms with van der Waals surface area (Å²) in [5.41, 5.74) is 0. The molecule has 0 aromatic heterocycles. The molecule has 36 valence electrons. The van der Waals surface area contributed by atoms with E-state index >= 15 is 0 Å². The third kappa shape index (κ3) is 43.6. The minimum absolute atomic E-state index is 0. The van der Waals surface area contributed by atoms with Crippen LogP contribution in [-0.4, -0.2) is 45.5 Å². The summed E-state index contributed by atoms with van der Waals surface area (Å²) in [6.07, 6.45) is 0. The summed E-state index contributed by atoms with van der Waals surface area (Å²) in [4.78, 5) is 17.7. The van der Waals surface area contributed by atoms with Crippen molar-refractivity contribution in [3.05, 3.63) is 0 Å². The van der Waals surface area contributed by atoms with Gasteiger partial charge in [0.2, 0.25) is 0 Å². The van der Waals surface area contributed by atoms with Gasteiger partial charge in [-0.3, -0.25) is 0 Å². The SMILES string of the molecule is O=P([O-])([O-])Cl.[Eu+3].[Sr+2]. The molecular weight excluding hydrogens is 354 g/mol. The van der Waals surface area contributed by atoms with Gasteiger partial charge in [0.05, 0.1) is 0 Å². The summed E-state index contributed by atoms with van der Waals surface area (Å²) < 4.78 is 8.87. The Morgan fingerprint density at radius 1 is 1.43 bits per heavy atom. The Balaban J connectivity index is -0.0000000800.